The molecule has 3 heteroatoms. The second-order valence-corrected chi connectivity index (χ2v) is 14.7. The summed E-state index contributed by atoms with van der Waals surface area (Å²) in [6.45, 7) is 14.4. The molecule has 0 heterocycles. The van der Waals surface area contributed by atoms with Crippen molar-refractivity contribution >= 4 is 18.4 Å². The van der Waals surface area contributed by atoms with E-state index in [1.54, 1.807) is 7.11 Å². The van der Waals surface area contributed by atoms with Crippen LogP contribution in [0.4, 0.5) is 0 Å². The Labute approximate surface area is 123 Å². The molecule has 0 spiro atoms. The number of rotatable bonds is 6. The van der Waals surface area contributed by atoms with Crippen molar-refractivity contribution in [2.45, 2.75) is 63.1 Å². The maximum atomic E-state index is 5.24. The molecule has 1 nitrogen and oxygen atoms in total. The summed E-state index contributed by atoms with van der Waals surface area (Å²) in [7, 11) is 0.300. The van der Waals surface area contributed by atoms with E-state index in [1.165, 1.54) is 4.90 Å². The second-order valence-electron chi connectivity index (χ2n) is 6.10. The molecule has 19 heavy (non-hydrogen) atoms. The third-order valence-corrected chi connectivity index (χ3v) is 16.3. The topological polar surface area (TPSA) is 9.23 Å². The highest BCUT2D eigenvalue weighted by atomic mass is 32.4. The number of hydrogen-bond donors (Lipinski definition) is 0. The highest BCUT2D eigenvalue weighted by Crippen LogP contribution is 2.51. The molecule has 0 fully saturated rings. The summed E-state index contributed by atoms with van der Waals surface area (Å²) in [5.74, 6) is 0.940. The average molecular weight is 297 g/mol. The molecule has 1 aromatic carbocycles. The molecule has 1 aromatic rings. The Morgan fingerprint density at radius 2 is 1.26 bits per heavy atom. The van der Waals surface area contributed by atoms with Crippen molar-refractivity contribution in [2.75, 3.05) is 7.11 Å². The van der Waals surface area contributed by atoms with Crippen LogP contribution in [0.15, 0.2) is 29.2 Å². The molecular formula is C16H28OSSi. The van der Waals surface area contributed by atoms with Crippen molar-refractivity contribution in [3.63, 3.8) is 0 Å². The van der Waals surface area contributed by atoms with Gasteiger partial charge in [-0.05, 0) is 40.9 Å². The first kappa shape index (κ1) is 16.6. The van der Waals surface area contributed by atoms with Crippen molar-refractivity contribution in [3.8, 4) is 5.75 Å². The van der Waals surface area contributed by atoms with E-state index in [-0.39, 0.29) is 0 Å². The Hall–Kier alpha value is -0.413. The van der Waals surface area contributed by atoms with Crippen molar-refractivity contribution in [1.82, 2.24) is 0 Å². The molecule has 0 saturated heterocycles. The van der Waals surface area contributed by atoms with Crippen LogP contribution in [-0.2, 0) is 0 Å². The van der Waals surface area contributed by atoms with Gasteiger partial charge in [-0.2, -0.15) is 11.2 Å². The third kappa shape index (κ3) is 3.57. The van der Waals surface area contributed by atoms with E-state index in [9.17, 15) is 0 Å². The third-order valence-electron chi connectivity index (χ3n) is 4.06. The average Bonchev–Trinajstić information content (AvgIpc) is 2.35. The minimum atomic E-state index is -1.42. The second kappa shape index (κ2) is 6.85. The summed E-state index contributed by atoms with van der Waals surface area (Å²) in [4.78, 5) is 1.39. The van der Waals surface area contributed by atoms with Gasteiger partial charge in [-0.25, -0.2) is 0 Å². The highest BCUT2D eigenvalue weighted by molar-refractivity contribution is 8.29. The monoisotopic (exact) mass is 296 g/mol. The molecule has 0 saturated carbocycles. The smallest absolute Gasteiger partial charge is 0.131 e. The Morgan fingerprint density at radius 3 is 1.58 bits per heavy atom. The molecule has 0 aromatic heterocycles. The first-order chi connectivity index (χ1) is 8.84. The van der Waals surface area contributed by atoms with Gasteiger partial charge in [0.25, 0.3) is 0 Å². The molecule has 0 atom stereocenters. The van der Waals surface area contributed by atoms with Crippen LogP contribution in [0.2, 0.25) is 16.6 Å². The van der Waals surface area contributed by atoms with Crippen LogP contribution in [0.25, 0.3) is 0 Å². The van der Waals surface area contributed by atoms with Crippen LogP contribution in [-0.4, -0.2) is 14.3 Å². The van der Waals surface area contributed by atoms with Crippen molar-refractivity contribution < 1.29 is 4.74 Å². The number of benzene rings is 1. The fourth-order valence-corrected chi connectivity index (χ4v) is 12.3. The zero-order chi connectivity index (χ0) is 14.6. The Balaban J connectivity index is 3.06. The summed E-state index contributed by atoms with van der Waals surface area (Å²) in [6.07, 6.45) is 0. The molecule has 0 unspecified atom stereocenters. The Kier molecular flexibility index (Phi) is 6.00. The van der Waals surface area contributed by atoms with Crippen LogP contribution in [0.3, 0.4) is 0 Å². The Morgan fingerprint density at radius 1 is 0.842 bits per heavy atom. The van der Waals surface area contributed by atoms with Crippen LogP contribution < -0.4 is 4.74 Å². The SMILES string of the molecule is COc1ccc(S[Si](C(C)C)(C(C)C)C(C)C)cc1. The van der Waals surface area contributed by atoms with E-state index in [1.807, 2.05) is 0 Å². The van der Waals surface area contributed by atoms with Gasteiger partial charge in [0, 0.05) is 4.90 Å². The predicted molar refractivity (Wildman–Crippen MR) is 89.9 cm³/mol. The van der Waals surface area contributed by atoms with E-state index in [2.05, 4.69) is 77.0 Å². The molecule has 0 aliphatic rings. The molecule has 0 aliphatic heterocycles. The summed E-state index contributed by atoms with van der Waals surface area (Å²) in [5, 5.41) is 0. The highest BCUT2D eigenvalue weighted by Gasteiger charge is 2.43. The van der Waals surface area contributed by atoms with E-state index in [4.69, 9.17) is 4.74 Å². The zero-order valence-corrected chi connectivity index (χ0v) is 15.2. The molecule has 108 valence electrons. The lowest BCUT2D eigenvalue weighted by molar-refractivity contribution is 0.414. The molecule has 0 radical (unpaired) electrons. The minimum Gasteiger partial charge on any atom is -0.497 e. The van der Waals surface area contributed by atoms with Gasteiger partial charge < -0.3 is 4.74 Å². The molecule has 0 N–H and O–H groups in total. The van der Waals surface area contributed by atoms with E-state index >= 15 is 0 Å². The quantitative estimate of drug-likeness (QED) is 0.599. The van der Waals surface area contributed by atoms with Gasteiger partial charge in [-0.3, -0.25) is 0 Å². The first-order valence-electron chi connectivity index (χ1n) is 7.17. The van der Waals surface area contributed by atoms with Crippen molar-refractivity contribution in [1.29, 1.82) is 0 Å². The van der Waals surface area contributed by atoms with E-state index in [0.29, 0.717) is 0 Å². The largest absolute Gasteiger partial charge is 0.497 e. The van der Waals surface area contributed by atoms with Gasteiger partial charge >= 0.3 is 0 Å². The molecular weight excluding hydrogens is 268 g/mol. The van der Waals surface area contributed by atoms with E-state index < -0.39 is 7.22 Å². The standard InChI is InChI=1S/C16H28OSSi/c1-12(2)19(13(3)4,14(5)6)18-16-10-8-15(17-7)9-11-16/h8-14H,1-7H3. The summed E-state index contributed by atoms with van der Waals surface area (Å²) < 4.78 is 5.24. The summed E-state index contributed by atoms with van der Waals surface area (Å²) in [6, 6.07) is 8.56. The molecule has 0 amide bonds. The molecule has 1 rings (SSSR count). The fraction of sp³-hybridized carbons (Fsp3) is 0.625. The van der Waals surface area contributed by atoms with Crippen LogP contribution in [0.1, 0.15) is 41.5 Å². The number of hydrogen-bond acceptors (Lipinski definition) is 2. The number of ether oxygens (including phenoxy) is 1. The lowest BCUT2D eigenvalue weighted by Crippen LogP contribution is -2.40. The van der Waals surface area contributed by atoms with Gasteiger partial charge in [-0.15, -0.1) is 0 Å². The van der Waals surface area contributed by atoms with Gasteiger partial charge in [0.1, 0.15) is 13.0 Å². The predicted octanol–water partition coefficient (Wildman–Crippen LogP) is 5.96. The maximum absolute atomic E-state index is 5.24. The molecule has 0 aliphatic carbocycles. The van der Waals surface area contributed by atoms with Crippen molar-refractivity contribution in [2.24, 2.45) is 0 Å². The van der Waals surface area contributed by atoms with Gasteiger partial charge in [0.15, 0.2) is 0 Å². The van der Waals surface area contributed by atoms with Gasteiger partial charge in [-0.1, -0.05) is 41.5 Å². The first-order valence-corrected chi connectivity index (χ1v) is 10.9. The lowest BCUT2D eigenvalue weighted by atomic mass is 10.3. The minimum absolute atomic E-state index is 0.777. The molecule has 0 bridgehead atoms. The maximum Gasteiger partial charge on any atom is 0.131 e. The summed E-state index contributed by atoms with van der Waals surface area (Å²) in [5.41, 5.74) is 2.33. The lowest BCUT2D eigenvalue weighted by Gasteiger charge is -2.42. The zero-order valence-electron chi connectivity index (χ0n) is 13.4. The fourth-order valence-electron chi connectivity index (χ4n) is 3.20. The van der Waals surface area contributed by atoms with Crippen LogP contribution >= 0.6 is 11.2 Å². The summed E-state index contributed by atoms with van der Waals surface area (Å²) >= 11 is 2.16. The van der Waals surface area contributed by atoms with Gasteiger partial charge in [0.05, 0.1) is 7.11 Å². The van der Waals surface area contributed by atoms with Crippen LogP contribution in [0.5, 0.6) is 5.75 Å². The van der Waals surface area contributed by atoms with Crippen molar-refractivity contribution in [3.05, 3.63) is 24.3 Å². The van der Waals surface area contributed by atoms with E-state index in [0.717, 1.165) is 22.4 Å². The number of methoxy groups -OCH3 is 1. The Bertz CT molecular complexity index is 362. The normalized spacial score (nSPS) is 12.5. The van der Waals surface area contributed by atoms with Gasteiger partial charge in [0.2, 0.25) is 0 Å². The van der Waals surface area contributed by atoms with Crippen LogP contribution in [0, 0.1) is 0 Å².